The molecular formula is C27H30N2O2. The molecule has 0 amide bonds. The highest BCUT2D eigenvalue weighted by Gasteiger charge is 2.61. The van der Waals surface area contributed by atoms with Gasteiger partial charge >= 0.3 is 5.97 Å². The quantitative estimate of drug-likeness (QED) is 0.449. The van der Waals surface area contributed by atoms with E-state index in [1.807, 2.05) is 0 Å². The van der Waals surface area contributed by atoms with Crippen LogP contribution in [-0.2, 0) is 14.9 Å². The van der Waals surface area contributed by atoms with Gasteiger partial charge in [-0.05, 0) is 73.3 Å². The average Bonchev–Trinajstić information content (AvgIpc) is 3.41. The van der Waals surface area contributed by atoms with Crippen LogP contribution in [0.2, 0.25) is 0 Å². The van der Waals surface area contributed by atoms with E-state index in [1.165, 1.54) is 49.4 Å². The van der Waals surface area contributed by atoms with E-state index in [2.05, 4.69) is 53.2 Å². The largest absolute Gasteiger partial charge is 0.462 e. The molecule has 6 atom stereocenters. The number of carbonyl (C=O) groups is 1. The van der Waals surface area contributed by atoms with Crippen molar-refractivity contribution < 1.29 is 9.53 Å². The van der Waals surface area contributed by atoms with E-state index in [1.54, 1.807) is 5.57 Å². The van der Waals surface area contributed by atoms with E-state index >= 15 is 0 Å². The maximum atomic E-state index is 11.5. The minimum atomic E-state index is -0.138. The van der Waals surface area contributed by atoms with Gasteiger partial charge in [-0.15, -0.1) is 0 Å². The fourth-order valence-electron chi connectivity index (χ4n) is 8.61. The highest BCUT2D eigenvalue weighted by atomic mass is 16.5. The van der Waals surface area contributed by atoms with Crippen LogP contribution in [0.25, 0.3) is 16.7 Å². The molecule has 3 unspecified atom stereocenters. The van der Waals surface area contributed by atoms with Gasteiger partial charge in [-0.1, -0.05) is 36.8 Å². The first-order chi connectivity index (χ1) is 15.0. The summed E-state index contributed by atoms with van der Waals surface area (Å²) in [4.78, 5) is 16.2. The third-order valence-corrected chi connectivity index (χ3v) is 9.80. The topological polar surface area (TPSA) is 44.1 Å². The molecule has 4 nitrogen and oxygen atoms in total. The van der Waals surface area contributed by atoms with Gasteiger partial charge in [0.1, 0.15) is 12.4 Å². The van der Waals surface area contributed by atoms with Gasteiger partial charge in [-0.3, -0.25) is 4.79 Å². The lowest BCUT2D eigenvalue weighted by Gasteiger charge is -2.57. The molecule has 0 N–H and O–H groups in total. The van der Waals surface area contributed by atoms with Crippen LogP contribution in [0.4, 0.5) is 0 Å². The summed E-state index contributed by atoms with van der Waals surface area (Å²) in [6.45, 7) is 4.06. The van der Waals surface area contributed by atoms with Crippen molar-refractivity contribution in [2.45, 2.75) is 70.3 Å². The Morgan fingerprint density at radius 2 is 2.06 bits per heavy atom. The van der Waals surface area contributed by atoms with Crippen LogP contribution in [0.5, 0.6) is 0 Å². The van der Waals surface area contributed by atoms with E-state index in [9.17, 15) is 4.79 Å². The normalized spacial score (nSPS) is 39.8. The summed E-state index contributed by atoms with van der Waals surface area (Å²) in [7, 11) is 0. The second-order valence-corrected chi connectivity index (χ2v) is 10.9. The molecular weight excluding hydrogens is 384 g/mol. The van der Waals surface area contributed by atoms with E-state index in [4.69, 9.17) is 4.74 Å². The monoisotopic (exact) mass is 414 g/mol. The molecule has 160 valence electrons. The molecule has 2 fully saturated rings. The zero-order valence-electron chi connectivity index (χ0n) is 18.4. The summed E-state index contributed by atoms with van der Waals surface area (Å²) in [5, 5.41) is 0. The molecule has 1 aromatic carbocycles. The third-order valence-electron chi connectivity index (χ3n) is 9.80. The molecule has 1 aromatic heterocycles. The van der Waals surface area contributed by atoms with Crippen molar-refractivity contribution in [2.24, 2.45) is 23.2 Å². The summed E-state index contributed by atoms with van der Waals surface area (Å²) in [6.07, 6.45) is 15.2. The number of rotatable bonds is 1. The van der Waals surface area contributed by atoms with Crippen molar-refractivity contribution in [3.63, 3.8) is 0 Å². The molecule has 2 aromatic rings. The fraction of sp³-hybridized carbons (Fsp3) is 0.556. The Kier molecular flexibility index (Phi) is 3.47. The summed E-state index contributed by atoms with van der Waals surface area (Å²) in [5.41, 5.74) is 7.58. The SMILES string of the molecule is CC(=O)O[C@H]1CC[C@@]2(C)C(=CCC3C2CC[C@]24C(=CCC32)n2cnc3cccc4c32)C1. The number of hydrogen-bond donors (Lipinski definition) is 0. The lowest BCUT2D eigenvalue weighted by molar-refractivity contribution is -0.148. The smallest absolute Gasteiger partial charge is 0.302 e. The number of benzene rings is 1. The van der Waals surface area contributed by atoms with Gasteiger partial charge < -0.3 is 9.30 Å². The third kappa shape index (κ3) is 2.12. The van der Waals surface area contributed by atoms with Crippen LogP contribution in [-0.4, -0.2) is 21.6 Å². The molecule has 2 saturated carbocycles. The van der Waals surface area contributed by atoms with E-state index in [0.717, 1.165) is 36.6 Å². The van der Waals surface area contributed by atoms with Crippen LogP contribution in [0.1, 0.15) is 64.4 Å². The average molecular weight is 415 g/mol. The van der Waals surface area contributed by atoms with Crippen molar-refractivity contribution in [3.05, 3.63) is 47.8 Å². The number of para-hydroxylation sites is 1. The van der Waals surface area contributed by atoms with Gasteiger partial charge in [-0.25, -0.2) is 4.98 Å². The minimum absolute atomic E-state index is 0.0777. The van der Waals surface area contributed by atoms with Crippen LogP contribution in [0.3, 0.4) is 0 Å². The predicted molar refractivity (Wildman–Crippen MR) is 120 cm³/mol. The molecule has 0 radical (unpaired) electrons. The summed E-state index contributed by atoms with van der Waals surface area (Å²) >= 11 is 0. The molecule has 0 saturated heterocycles. The van der Waals surface area contributed by atoms with E-state index in [0.29, 0.717) is 5.92 Å². The zero-order chi connectivity index (χ0) is 21.0. The van der Waals surface area contributed by atoms with Crippen molar-refractivity contribution in [1.82, 2.24) is 9.55 Å². The molecule has 4 aliphatic carbocycles. The Hall–Kier alpha value is -2.36. The van der Waals surface area contributed by atoms with Crippen molar-refractivity contribution in [1.29, 1.82) is 0 Å². The first-order valence-electron chi connectivity index (χ1n) is 12.1. The van der Waals surface area contributed by atoms with Gasteiger partial charge in [0.25, 0.3) is 0 Å². The van der Waals surface area contributed by atoms with Gasteiger partial charge in [-0.2, -0.15) is 0 Å². The number of nitrogens with zero attached hydrogens (tertiary/aromatic N) is 2. The minimum Gasteiger partial charge on any atom is -0.462 e. The van der Waals surface area contributed by atoms with Gasteiger partial charge in [0.15, 0.2) is 0 Å². The lowest BCUT2D eigenvalue weighted by Crippen LogP contribution is -2.51. The highest BCUT2D eigenvalue weighted by molar-refractivity contribution is 5.93. The molecule has 5 aliphatic rings. The van der Waals surface area contributed by atoms with Crippen molar-refractivity contribution in [2.75, 3.05) is 0 Å². The summed E-state index contributed by atoms with van der Waals surface area (Å²) in [5.74, 6) is 2.02. The molecule has 7 rings (SSSR count). The molecule has 4 heteroatoms. The first kappa shape index (κ1) is 18.2. The Bertz CT molecular complexity index is 1190. The molecule has 0 bridgehead atoms. The number of allylic oxidation sites excluding steroid dienone is 3. The summed E-state index contributed by atoms with van der Waals surface area (Å²) in [6, 6.07) is 6.76. The van der Waals surface area contributed by atoms with Crippen LogP contribution in [0.15, 0.2) is 42.3 Å². The number of hydrogen-bond acceptors (Lipinski definition) is 3. The Balaban J connectivity index is 1.27. The Morgan fingerprint density at radius 1 is 1.16 bits per heavy atom. The van der Waals surface area contributed by atoms with Crippen LogP contribution < -0.4 is 0 Å². The Morgan fingerprint density at radius 3 is 2.94 bits per heavy atom. The van der Waals surface area contributed by atoms with Crippen molar-refractivity contribution >= 4 is 22.7 Å². The second-order valence-electron chi connectivity index (χ2n) is 10.9. The first-order valence-corrected chi connectivity index (χ1v) is 12.1. The number of ether oxygens (including phenoxy) is 1. The molecule has 1 aliphatic heterocycles. The predicted octanol–water partition coefficient (Wildman–Crippen LogP) is 5.63. The maximum absolute atomic E-state index is 11.5. The molecule has 2 heterocycles. The lowest BCUT2D eigenvalue weighted by atomic mass is 9.47. The Labute approximate surface area is 183 Å². The number of aromatic nitrogens is 2. The number of fused-ring (bicyclic) bond motifs is 5. The fourth-order valence-corrected chi connectivity index (χ4v) is 8.61. The molecule has 31 heavy (non-hydrogen) atoms. The van der Waals surface area contributed by atoms with Gasteiger partial charge in [0.05, 0.1) is 11.0 Å². The second kappa shape index (κ2) is 5.90. The van der Waals surface area contributed by atoms with E-state index < -0.39 is 0 Å². The van der Waals surface area contributed by atoms with Gasteiger partial charge in [0.2, 0.25) is 0 Å². The highest BCUT2D eigenvalue weighted by Crippen LogP contribution is 2.68. The molecule has 1 spiro atoms. The van der Waals surface area contributed by atoms with Crippen LogP contribution in [0, 0.1) is 23.2 Å². The zero-order valence-corrected chi connectivity index (χ0v) is 18.4. The van der Waals surface area contributed by atoms with E-state index in [-0.39, 0.29) is 22.9 Å². The number of carbonyl (C=O) groups excluding carboxylic acids is 1. The van der Waals surface area contributed by atoms with Crippen molar-refractivity contribution in [3.8, 4) is 0 Å². The summed E-state index contributed by atoms with van der Waals surface area (Å²) < 4.78 is 8.01. The van der Waals surface area contributed by atoms with Gasteiger partial charge in [0, 0.05) is 24.5 Å². The standard InChI is InChI=1S/C27H30N2O2/c1-16(30)31-18-10-12-26(2)17(14-18)6-7-19-20(26)11-13-27-21(19)8-9-24(27)29-15-28-23-5-3-4-22(27)25(23)29/h3-6,9,15,18-21H,7-8,10-14H2,1-2H3/t18-,19?,20?,21?,26-,27-/m0/s1. The number of imidazole rings is 1. The van der Waals surface area contributed by atoms with Crippen LogP contribution >= 0.6 is 0 Å². The maximum Gasteiger partial charge on any atom is 0.302 e. The number of esters is 1.